The molecule has 0 unspecified atom stereocenters. The maximum absolute atomic E-state index is 12.2. The molecule has 4 heterocycles. The Bertz CT molecular complexity index is 3190. The number of methoxy groups -OCH3 is 1. The monoisotopic (exact) mass is 1050 g/mol. The van der Waals surface area contributed by atoms with Crippen LogP contribution in [0.3, 0.4) is 0 Å². The van der Waals surface area contributed by atoms with Crippen molar-refractivity contribution in [1.82, 2.24) is 19.9 Å². The predicted molar refractivity (Wildman–Crippen MR) is 301 cm³/mol. The number of phenols is 4. The van der Waals surface area contributed by atoms with E-state index in [-0.39, 0.29) is 46.1 Å². The van der Waals surface area contributed by atoms with Gasteiger partial charge in [0.05, 0.1) is 36.0 Å². The number of aromatic hydroxyl groups is 4. The van der Waals surface area contributed by atoms with E-state index < -0.39 is 0 Å². The van der Waals surface area contributed by atoms with Gasteiger partial charge < -0.3 is 29.9 Å². The third-order valence-corrected chi connectivity index (χ3v) is 12.1. The van der Waals surface area contributed by atoms with E-state index >= 15 is 0 Å². The first-order valence-electron chi connectivity index (χ1n) is 25.7. The maximum Gasteiger partial charge on any atom is 0.166 e. The first-order chi connectivity index (χ1) is 37.5. The number of Topliss-reactive ketones (excluding diaryl/α,β-unsaturated/α-hetero) is 4. The number of aryl methyl sites for hydroxylation is 7. The van der Waals surface area contributed by atoms with Crippen LogP contribution in [0.2, 0.25) is 0 Å². The fourth-order valence-electron chi connectivity index (χ4n) is 7.57. The molecule has 0 saturated heterocycles. The summed E-state index contributed by atoms with van der Waals surface area (Å²) < 4.78 is 10.5. The van der Waals surface area contributed by atoms with Crippen molar-refractivity contribution in [3.8, 4) is 34.5 Å². The van der Waals surface area contributed by atoms with E-state index in [2.05, 4.69) is 33.8 Å². The lowest BCUT2D eigenvalue weighted by Crippen LogP contribution is -2.06. The van der Waals surface area contributed by atoms with Gasteiger partial charge in [-0.2, -0.15) is 0 Å². The zero-order valence-electron chi connectivity index (χ0n) is 45.1. The molecular weight excluding hydrogens is 985 g/mol. The second-order valence-corrected chi connectivity index (χ2v) is 18.7. The number of pyridine rings is 4. The second-order valence-electron chi connectivity index (χ2n) is 18.7. The fourth-order valence-corrected chi connectivity index (χ4v) is 7.57. The molecule has 4 aromatic carbocycles. The van der Waals surface area contributed by atoms with E-state index in [9.17, 15) is 39.6 Å². The van der Waals surface area contributed by atoms with Crippen LogP contribution >= 0.6 is 0 Å². The van der Waals surface area contributed by atoms with Crippen molar-refractivity contribution in [2.24, 2.45) is 5.92 Å². The quantitative estimate of drug-likeness (QED) is 0.0522. The average molecular weight is 1050 g/mol. The Morgan fingerprint density at radius 2 is 0.769 bits per heavy atom. The van der Waals surface area contributed by atoms with Crippen molar-refractivity contribution in [2.75, 3.05) is 13.7 Å². The topological polar surface area (TPSA) is 219 Å². The number of ketones is 4. The Hall–Kier alpha value is -9.04. The number of hydrogen-bond acceptors (Lipinski definition) is 14. The number of benzene rings is 4. The molecule has 8 aromatic rings. The number of nitrogens with zero attached hydrogens (tertiary/aromatic N) is 4. The van der Waals surface area contributed by atoms with Crippen molar-refractivity contribution in [3.05, 3.63) is 226 Å². The summed E-state index contributed by atoms with van der Waals surface area (Å²) >= 11 is 0. The van der Waals surface area contributed by atoms with Crippen LogP contribution in [0, 0.1) is 26.7 Å². The van der Waals surface area contributed by atoms with Crippen molar-refractivity contribution in [2.45, 2.75) is 86.0 Å². The number of carbonyl (C=O) groups excluding carboxylic acids is 4. The molecule has 0 spiro atoms. The molecule has 0 bridgehead atoms. The summed E-state index contributed by atoms with van der Waals surface area (Å²) in [5.74, 6) is 1.23. The fraction of sp³-hybridized carbons (Fsp3) is 0.250. The molecule has 78 heavy (non-hydrogen) atoms. The van der Waals surface area contributed by atoms with Gasteiger partial charge in [-0.05, 0) is 166 Å². The van der Waals surface area contributed by atoms with Crippen LogP contribution in [0.1, 0.15) is 120 Å². The van der Waals surface area contributed by atoms with Crippen LogP contribution in [0.5, 0.6) is 34.5 Å². The largest absolute Gasteiger partial charge is 0.507 e. The van der Waals surface area contributed by atoms with Crippen LogP contribution in [-0.4, -0.2) is 77.2 Å². The van der Waals surface area contributed by atoms with E-state index in [0.29, 0.717) is 97.6 Å². The molecule has 0 radical (unpaired) electrons. The minimum atomic E-state index is -0.106. The van der Waals surface area contributed by atoms with Crippen molar-refractivity contribution in [1.29, 1.82) is 0 Å². The molecule has 0 aliphatic carbocycles. The van der Waals surface area contributed by atoms with Crippen molar-refractivity contribution >= 4 is 23.1 Å². The lowest BCUT2D eigenvalue weighted by molar-refractivity contribution is 0.0971. The Kier molecular flexibility index (Phi) is 23.9. The van der Waals surface area contributed by atoms with Crippen LogP contribution < -0.4 is 9.47 Å². The Morgan fingerprint density at radius 1 is 0.423 bits per heavy atom. The van der Waals surface area contributed by atoms with E-state index in [4.69, 9.17) is 9.47 Å². The lowest BCUT2D eigenvalue weighted by atomic mass is 9.99. The molecule has 4 N–H and O–H groups in total. The number of carbonyl (C=O) groups is 4. The number of phenolic OH excluding ortho intramolecular Hbond substituents is 4. The molecule has 4 aromatic heterocycles. The van der Waals surface area contributed by atoms with Gasteiger partial charge in [-0.1, -0.05) is 44.2 Å². The summed E-state index contributed by atoms with van der Waals surface area (Å²) in [6.45, 7) is 10.4. The van der Waals surface area contributed by atoms with Gasteiger partial charge in [0, 0.05) is 85.4 Å². The Morgan fingerprint density at radius 3 is 1.13 bits per heavy atom. The van der Waals surface area contributed by atoms with Crippen LogP contribution in [0.15, 0.2) is 164 Å². The molecule has 14 heteroatoms. The van der Waals surface area contributed by atoms with Crippen LogP contribution in [-0.2, 0) is 25.7 Å². The van der Waals surface area contributed by atoms with Gasteiger partial charge in [0.1, 0.15) is 34.5 Å². The maximum atomic E-state index is 12.2. The number of hydrogen-bond donors (Lipinski definition) is 4. The third-order valence-electron chi connectivity index (χ3n) is 12.1. The van der Waals surface area contributed by atoms with Crippen molar-refractivity contribution in [3.63, 3.8) is 0 Å². The van der Waals surface area contributed by atoms with Gasteiger partial charge in [0.15, 0.2) is 23.1 Å². The highest BCUT2D eigenvalue weighted by Crippen LogP contribution is 2.28. The molecule has 0 saturated carbocycles. The highest BCUT2D eigenvalue weighted by molar-refractivity contribution is 6.00. The number of aromatic nitrogens is 4. The van der Waals surface area contributed by atoms with Gasteiger partial charge in [-0.25, -0.2) is 0 Å². The lowest BCUT2D eigenvalue weighted by Gasteiger charge is -2.10. The van der Waals surface area contributed by atoms with Gasteiger partial charge in [-0.3, -0.25) is 39.1 Å². The first kappa shape index (κ1) is 59.8. The molecule has 404 valence electrons. The standard InChI is InChI=1S/C18H21NO3.C16H17NO2.C15H15NO3.C15H15NO2/c1-13(2)12-22-15-7-8-16(18(21)11-15)17(20)9-6-14-5-3-4-10-19-14;1-11-9-14(16(19)10-12(11)2)15(18)7-6-13-5-3-4-8-17-13;1-19-12-6-7-13(15(18)10-12)14(17)8-5-11-4-2-3-9-16-11;1-11-5-7-13(15(18)10-11)14(17)8-6-12-4-2-3-9-16-12/h3-5,7-8,10-11,13,21H,6,9,12H2,1-2H3;3-5,8-10,19H,6-7H2,1-2H3;2-4,6-7,9-10,18H,5,8H2,1H3;2-5,7,9-10,18H,6,8H2,1H3. The Labute approximate surface area is 456 Å². The molecule has 0 aliphatic heterocycles. The van der Waals surface area contributed by atoms with Crippen LogP contribution in [0.4, 0.5) is 0 Å². The highest BCUT2D eigenvalue weighted by atomic mass is 16.5. The van der Waals surface area contributed by atoms with Gasteiger partial charge in [0.25, 0.3) is 0 Å². The van der Waals surface area contributed by atoms with Gasteiger partial charge in [0.2, 0.25) is 0 Å². The van der Waals surface area contributed by atoms with Gasteiger partial charge >= 0.3 is 0 Å². The summed E-state index contributed by atoms with van der Waals surface area (Å²) in [7, 11) is 1.51. The molecule has 14 nitrogen and oxygen atoms in total. The predicted octanol–water partition coefficient (Wildman–Crippen LogP) is 12.4. The molecule has 8 rings (SSSR count). The minimum absolute atomic E-state index is 0.0349. The smallest absolute Gasteiger partial charge is 0.166 e. The summed E-state index contributed by atoms with van der Waals surface area (Å²) in [4.78, 5) is 65.0. The van der Waals surface area contributed by atoms with Crippen molar-refractivity contribution < 1.29 is 49.1 Å². The molecule has 0 fully saturated rings. The molecule has 0 aliphatic rings. The highest BCUT2D eigenvalue weighted by Gasteiger charge is 2.16. The zero-order valence-corrected chi connectivity index (χ0v) is 45.1. The van der Waals surface area contributed by atoms with E-state index in [1.165, 1.54) is 19.2 Å². The van der Waals surface area contributed by atoms with Crippen LogP contribution in [0.25, 0.3) is 0 Å². The normalized spacial score (nSPS) is 10.4. The SMILES string of the molecule is CC(C)COc1ccc(C(=O)CCc2ccccn2)c(O)c1.COc1ccc(C(=O)CCc2ccccn2)c(O)c1.Cc1cc(O)c(C(=O)CCc2ccccn2)cc1C.Cc1ccc(C(=O)CCc2ccccn2)c(O)c1. The minimum Gasteiger partial charge on any atom is -0.507 e. The van der Waals surface area contributed by atoms with Gasteiger partial charge in [-0.15, -0.1) is 0 Å². The van der Waals surface area contributed by atoms with E-state index in [0.717, 1.165) is 39.5 Å². The number of rotatable bonds is 20. The number of ether oxygens (including phenoxy) is 2. The zero-order chi connectivity index (χ0) is 56.4. The third kappa shape index (κ3) is 19.9. The summed E-state index contributed by atoms with van der Waals surface area (Å²) in [6.07, 6.45) is 10.5. The molecule has 0 amide bonds. The molecule has 0 atom stereocenters. The van der Waals surface area contributed by atoms with E-state index in [1.54, 1.807) is 73.3 Å². The summed E-state index contributed by atoms with van der Waals surface area (Å²) in [5, 5.41) is 39.4. The average Bonchev–Trinajstić information content (AvgIpc) is 3.45. The van der Waals surface area contributed by atoms with E-state index in [1.807, 2.05) is 99.6 Å². The molecular formula is C64H68N4O10. The first-order valence-corrected chi connectivity index (χ1v) is 25.7. The second kappa shape index (κ2) is 31.1. The summed E-state index contributed by atoms with van der Waals surface area (Å²) in [5.41, 5.74) is 7.87. The summed E-state index contributed by atoms with van der Waals surface area (Å²) in [6, 6.07) is 40.5. The Balaban J connectivity index is 0.000000192.